The first-order valence-corrected chi connectivity index (χ1v) is 7.31. The molecule has 2 atom stereocenters. The van der Waals surface area contributed by atoms with Crippen LogP contribution in [0.15, 0.2) is 4.42 Å². The molecule has 0 aliphatic carbocycles. The molecule has 0 spiro atoms. The number of amides is 1. The Balaban J connectivity index is 1.60. The van der Waals surface area contributed by atoms with E-state index in [4.69, 9.17) is 9.68 Å². The van der Waals surface area contributed by atoms with Crippen LogP contribution in [-0.2, 0) is 4.79 Å². The SMILES string of the molecule is Cc1oc(NC(=O)CN2CC3CNCC3C2)c(C#N)c1C. The molecule has 21 heavy (non-hydrogen) atoms. The minimum atomic E-state index is -0.117. The van der Waals surface area contributed by atoms with E-state index in [2.05, 4.69) is 21.6 Å². The Morgan fingerprint density at radius 2 is 2.10 bits per heavy atom. The van der Waals surface area contributed by atoms with Crippen molar-refractivity contribution in [1.82, 2.24) is 10.2 Å². The van der Waals surface area contributed by atoms with Crippen LogP contribution in [0, 0.1) is 37.0 Å². The number of anilines is 1. The Kier molecular flexibility index (Phi) is 3.70. The normalized spacial score (nSPS) is 24.8. The molecule has 0 saturated carbocycles. The van der Waals surface area contributed by atoms with Crippen molar-refractivity contribution < 1.29 is 9.21 Å². The molecule has 1 aromatic heterocycles. The van der Waals surface area contributed by atoms with Crippen LogP contribution in [0.5, 0.6) is 0 Å². The molecule has 2 aliphatic heterocycles. The predicted molar refractivity (Wildman–Crippen MR) is 77.8 cm³/mol. The first-order chi connectivity index (χ1) is 10.1. The van der Waals surface area contributed by atoms with Gasteiger partial charge in [0.25, 0.3) is 0 Å². The van der Waals surface area contributed by atoms with Gasteiger partial charge in [-0.25, -0.2) is 0 Å². The number of furan rings is 1. The van der Waals surface area contributed by atoms with Gasteiger partial charge >= 0.3 is 0 Å². The lowest BCUT2D eigenvalue weighted by Gasteiger charge is -2.15. The highest BCUT2D eigenvalue weighted by atomic mass is 16.4. The van der Waals surface area contributed by atoms with E-state index in [0.29, 0.717) is 29.7 Å². The first kappa shape index (κ1) is 14.1. The standard InChI is InChI=1S/C15H20N4O2/c1-9-10(2)21-15(13(9)3-16)18-14(20)8-19-6-11-4-17-5-12(11)7-19/h11-12,17H,4-8H2,1-2H3,(H,18,20). The Bertz CT molecular complexity index is 590. The fourth-order valence-electron chi connectivity index (χ4n) is 3.30. The molecular formula is C15H20N4O2. The molecule has 0 radical (unpaired) electrons. The van der Waals surface area contributed by atoms with Gasteiger partial charge in [0, 0.05) is 18.7 Å². The molecule has 0 bridgehead atoms. The van der Waals surface area contributed by atoms with Crippen molar-refractivity contribution in [3.8, 4) is 6.07 Å². The fraction of sp³-hybridized carbons (Fsp3) is 0.600. The Morgan fingerprint density at radius 1 is 1.43 bits per heavy atom. The second kappa shape index (κ2) is 5.51. The number of nitrogens with one attached hydrogen (secondary N) is 2. The van der Waals surface area contributed by atoms with Crippen LogP contribution in [-0.4, -0.2) is 43.5 Å². The van der Waals surface area contributed by atoms with Gasteiger partial charge in [-0.2, -0.15) is 5.26 Å². The molecule has 2 saturated heterocycles. The van der Waals surface area contributed by atoms with Crippen molar-refractivity contribution in [2.24, 2.45) is 11.8 Å². The minimum absolute atomic E-state index is 0.117. The summed E-state index contributed by atoms with van der Waals surface area (Å²) in [5.41, 5.74) is 1.21. The summed E-state index contributed by atoms with van der Waals surface area (Å²) in [6.07, 6.45) is 0. The van der Waals surface area contributed by atoms with Crippen molar-refractivity contribution in [1.29, 1.82) is 5.26 Å². The lowest BCUT2D eigenvalue weighted by molar-refractivity contribution is -0.117. The molecule has 112 valence electrons. The lowest BCUT2D eigenvalue weighted by atomic mass is 10.0. The van der Waals surface area contributed by atoms with Gasteiger partial charge in [-0.1, -0.05) is 0 Å². The molecule has 3 heterocycles. The molecule has 2 fully saturated rings. The monoisotopic (exact) mass is 288 g/mol. The smallest absolute Gasteiger partial charge is 0.240 e. The van der Waals surface area contributed by atoms with E-state index in [0.717, 1.165) is 31.7 Å². The maximum atomic E-state index is 12.1. The number of carbonyl (C=O) groups is 1. The summed E-state index contributed by atoms with van der Waals surface area (Å²) in [7, 11) is 0. The van der Waals surface area contributed by atoms with Crippen LogP contribution in [0.1, 0.15) is 16.9 Å². The van der Waals surface area contributed by atoms with Gasteiger partial charge in [0.1, 0.15) is 17.4 Å². The number of carbonyl (C=O) groups excluding carboxylic acids is 1. The van der Waals surface area contributed by atoms with Gasteiger partial charge < -0.3 is 9.73 Å². The van der Waals surface area contributed by atoms with E-state index in [1.165, 1.54) is 0 Å². The molecule has 1 aromatic rings. The number of likely N-dealkylation sites (tertiary alicyclic amines) is 1. The lowest BCUT2D eigenvalue weighted by Crippen LogP contribution is -2.33. The van der Waals surface area contributed by atoms with Crippen LogP contribution in [0.4, 0.5) is 5.88 Å². The zero-order valence-corrected chi connectivity index (χ0v) is 12.4. The Hall–Kier alpha value is -1.84. The number of aryl methyl sites for hydroxylation is 1. The number of rotatable bonds is 3. The van der Waals surface area contributed by atoms with Crippen molar-refractivity contribution in [2.45, 2.75) is 13.8 Å². The van der Waals surface area contributed by atoms with Gasteiger partial charge in [-0.05, 0) is 38.8 Å². The van der Waals surface area contributed by atoms with Crippen molar-refractivity contribution in [3.63, 3.8) is 0 Å². The summed E-state index contributed by atoms with van der Waals surface area (Å²) >= 11 is 0. The average Bonchev–Trinajstić information content (AvgIpc) is 3.05. The van der Waals surface area contributed by atoms with Gasteiger partial charge in [0.15, 0.2) is 0 Å². The summed E-state index contributed by atoms with van der Waals surface area (Å²) in [5, 5.41) is 15.3. The molecule has 6 heteroatoms. The second-order valence-electron chi connectivity index (χ2n) is 6.02. The summed E-state index contributed by atoms with van der Waals surface area (Å²) in [6.45, 7) is 8.01. The van der Waals surface area contributed by atoms with Gasteiger partial charge in [-0.3, -0.25) is 15.0 Å². The number of fused-ring (bicyclic) bond motifs is 1. The number of hydrogen-bond acceptors (Lipinski definition) is 5. The van der Waals surface area contributed by atoms with E-state index in [9.17, 15) is 4.79 Å². The van der Waals surface area contributed by atoms with Crippen molar-refractivity contribution in [3.05, 3.63) is 16.9 Å². The highest BCUT2D eigenvalue weighted by Gasteiger charge is 2.36. The second-order valence-corrected chi connectivity index (χ2v) is 6.02. The van der Waals surface area contributed by atoms with E-state index < -0.39 is 0 Å². The third-order valence-corrected chi connectivity index (χ3v) is 4.58. The van der Waals surface area contributed by atoms with Crippen LogP contribution < -0.4 is 10.6 Å². The topological polar surface area (TPSA) is 81.3 Å². The fourth-order valence-corrected chi connectivity index (χ4v) is 3.30. The van der Waals surface area contributed by atoms with E-state index in [1.54, 1.807) is 6.92 Å². The highest BCUT2D eigenvalue weighted by Crippen LogP contribution is 2.27. The molecule has 2 aliphatic rings. The molecule has 2 N–H and O–H groups in total. The Labute approximate surface area is 124 Å². The molecule has 0 aromatic carbocycles. The van der Waals surface area contributed by atoms with Gasteiger partial charge in [0.05, 0.1) is 6.54 Å². The maximum Gasteiger partial charge on any atom is 0.240 e. The average molecular weight is 288 g/mol. The van der Waals surface area contributed by atoms with Crippen LogP contribution in [0.3, 0.4) is 0 Å². The largest absolute Gasteiger partial charge is 0.444 e. The third-order valence-electron chi connectivity index (χ3n) is 4.58. The third kappa shape index (κ3) is 2.67. The summed E-state index contributed by atoms with van der Waals surface area (Å²) < 4.78 is 5.46. The highest BCUT2D eigenvalue weighted by molar-refractivity contribution is 5.92. The number of hydrogen-bond donors (Lipinski definition) is 2. The van der Waals surface area contributed by atoms with Crippen LogP contribution >= 0.6 is 0 Å². The predicted octanol–water partition coefficient (Wildman–Crippen LogP) is 0.858. The summed E-state index contributed by atoms with van der Waals surface area (Å²) in [4.78, 5) is 14.3. The van der Waals surface area contributed by atoms with Crippen LogP contribution in [0.25, 0.3) is 0 Å². The zero-order valence-electron chi connectivity index (χ0n) is 12.4. The molecule has 3 rings (SSSR count). The Morgan fingerprint density at radius 3 is 2.71 bits per heavy atom. The van der Waals surface area contributed by atoms with Gasteiger partial charge in [0.2, 0.25) is 11.8 Å². The zero-order chi connectivity index (χ0) is 15.0. The first-order valence-electron chi connectivity index (χ1n) is 7.31. The van der Waals surface area contributed by atoms with E-state index in [1.807, 2.05) is 6.92 Å². The molecule has 1 amide bonds. The van der Waals surface area contributed by atoms with Gasteiger partial charge in [-0.15, -0.1) is 0 Å². The molecule has 2 unspecified atom stereocenters. The maximum absolute atomic E-state index is 12.1. The van der Waals surface area contributed by atoms with E-state index in [-0.39, 0.29) is 11.8 Å². The quantitative estimate of drug-likeness (QED) is 0.862. The number of nitrogens with zero attached hydrogens (tertiary/aromatic N) is 2. The molecular weight excluding hydrogens is 268 g/mol. The summed E-state index contributed by atoms with van der Waals surface area (Å²) in [5.74, 6) is 2.16. The molecule has 6 nitrogen and oxygen atoms in total. The van der Waals surface area contributed by atoms with E-state index >= 15 is 0 Å². The summed E-state index contributed by atoms with van der Waals surface area (Å²) in [6, 6.07) is 2.09. The van der Waals surface area contributed by atoms with Crippen molar-refractivity contribution in [2.75, 3.05) is 38.0 Å². The van der Waals surface area contributed by atoms with Crippen molar-refractivity contribution >= 4 is 11.8 Å². The van der Waals surface area contributed by atoms with Crippen LogP contribution in [0.2, 0.25) is 0 Å². The number of nitriles is 1. The minimum Gasteiger partial charge on any atom is -0.444 e.